The lowest BCUT2D eigenvalue weighted by molar-refractivity contribution is 0.268. The molecule has 1 atom stereocenters. The van der Waals surface area contributed by atoms with E-state index in [4.69, 9.17) is 9.47 Å². The first kappa shape index (κ1) is 18.2. The molecular formula is C17H29NO2S. The summed E-state index contributed by atoms with van der Waals surface area (Å²) in [5.74, 6) is 2.84. The summed E-state index contributed by atoms with van der Waals surface area (Å²) in [5, 5.41) is 3.53. The molecule has 0 saturated heterocycles. The zero-order chi connectivity index (χ0) is 15.5. The van der Waals surface area contributed by atoms with Gasteiger partial charge < -0.3 is 14.8 Å². The molecule has 3 nitrogen and oxygen atoms in total. The Bertz CT molecular complexity index is 398. The van der Waals surface area contributed by atoms with Gasteiger partial charge in [-0.3, -0.25) is 0 Å². The Labute approximate surface area is 133 Å². The molecule has 1 unspecified atom stereocenters. The Morgan fingerprint density at radius 3 is 2.38 bits per heavy atom. The van der Waals surface area contributed by atoms with Crippen LogP contribution in [0.5, 0.6) is 11.5 Å². The summed E-state index contributed by atoms with van der Waals surface area (Å²) in [6.07, 6.45) is 4.13. The molecule has 1 aromatic carbocycles. The zero-order valence-corrected chi connectivity index (χ0v) is 14.6. The van der Waals surface area contributed by atoms with Crippen molar-refractivity contribution in [1.29, 1.82) is 0 Å². The lowest BCUT2D eigenvalue weighted by Crippen LogP contribution is -2.21. The zero-order valence-electron chi connectivity index (χ0n) is 13.8. The number of ether oxygens (including phenoxy) is 2. The fourth-order valence-corrected chi connectivity index (χ4v) is 2.27. The van der Waals surface area contributed by atoms with Gasteiger partial charge in [-0.25, -0.2) is 0 Å². The molecule has 0 aromatic heterocycles. The molecule has 0 fully saturated rings. The molecule has 0 spiro atoms. The summed E-state index contributed by atoms with van der Waals surface area (Å²) in [4.78, 5) is 0. The van der Waals surface area contributed by atoms with Crippen LogP contribution < -0.4 is 14.8 Å². The van der Waals surface area contributed by atoms with E-state index < -0.39 is 0 Å². The van der Waals surface area contributed by atoms with E-state index in [-0.39, 0.29) is 0 Å². The highest BCUT2D eigenvalue weighted by atomic mass is 32.2. The summed E-state index contributed by atoms with van der Waals surface area (Å²) in [6, 6.07) is 6.59. The van der Waals surface area contributed by atoms with Crippen LogP contribution in [-0.4, -0.2) is 31.8 Å². The van der Waals surface area contributed by atoms with Crippen molar-refractivity contribution in [2.45, 2.75) is 39.7 Å². The van der Waals surface area contributed by atoms with Gasteiger partial charge >= 0.3 is 0 Å². The second-order valence-corrected chi connectivity index (χ2v) is 6.06. The first-order valence-electron chi connectivity index (χ1n) is 7.84. The van der Waals surface area contributed by atoms with Crippen molar-refractivity contribution in [2.75, 3.05) is 31.8 Å². The van der Waals surface area contributed by atoms with Crippen LogP contribution in [0.25, 0.3) is 0 Å². The number of nitrogens with one attached hydrogen (secondary N) is 1. The van der Waals surface area contributed by atoms with Gasteiger partial charge in [0.2, 0.25) is 0 Å². The summed E-state index contributed by atoms with van der Waals surface area (Å²) >= 11 is 1.86. The van der Waals surface area contributed by atoms with Gasteiger partial charge in [0, 0.05) is 18.3 Å². The molecule has 120 valence electrons. The van der Waals surface area contributed by atoms with Gasteiger partial charge in [-0.15, -0.1) is 0 Å². The molecule has 0 heterocycles. The third kappa shape index (κ3) is 6.62. The van der Waals surface area contributed by atoms with Crippen LogP contribution in [0.2, 0.25) is 0 Å². The van der Waals surface area contributed by atoms with Crippen molar-refractivity contribution < 1.29 is 9.47 Å². The number of rotatable bonds is 11. The monoisotopic (exact) mass is 311 g/mol. The van der Waals surface area contributed by atoms with E-state index in [0.717, 1.165) is 49.9 Å². The van der Waals surface area contributed by atoms with E-state index in [2.05, 4.69) is 44.5 Å². The molecule has 1 rings (SSSR count). The van der Waals surface area contributed by atoms with E-state index in [1.54, 1.807) is 0 Å². The van der Waals surface area contributed by atoms with Gasteiger partial charge in [0.25, 0.3) is 0 Å². The first-order chi connectivity index (χ1) is 10.2. The average Bonchev–Trinajstić information content (AvgIpc) is 2.51. The van der Waals surface area contributed by atoms with Gasteiger partial charge in [-0.2, -0.15) is 11.8 Å². The lowest BCUT2D eigenvalue weighted by atomic mass is 10.1. The number of thioether (sulfide) groups is 1. The van der Waals surface area contributed by atoms with Crippen LogP contribution in [0.15, 0.2) is 18.2 Å². The maximum atomic E-state index is 5.84. The Kier molecular flexibility index (Phi) is 9.35. The molecule has 1 N–H and O–H groups in total. The molecule has 0 aliphatic rings. The molecule has 21 heavy (non-hydrogen) atoms. The largest absolute Gasteiger partial charge is 0.490 e. The van der Waals surface area contributed by atoms with Crippen LogP contribution in [0.1, 0.15) is 45.2 Å². The van der Waals surface area contributed by atoms with Crippen LogP contribution in [0.3, 0.4) is 0 Å². The predicted molar refractivity (Wildman–Crippen MR) is 92.8 cm³/mol. The smallest absolute Gasteiger partial charge is 0.161 e. The third-order valence-corrected chi connectivity index (χ3v) is 3.76. The molecule has 0 saturated carbocycles. The van der Waals surface area contributed by atoms with Crippen molar-refractivity contribution in [2.24, 2.45) is 0 Å². The highest BCUT2D eigenvalue weighted by Crippen LogP contribution is 2.31. The minimum absolute atomic E-state index is 0.321. The quantitative estimate of drug-likeness (QED) is 0.618. The maximum Gasteiger partial charge on any atom is 0.161 e. The van der Waals surface area contributed by atoms with Gasteiger partial charge in [-0.05, 0) is 43.7 Å². The van der Waals surface area contributed by atoms with Gasteiger partial charge in [0.15, 0.2) is 11.5 Å². The Morgan fingerprint density at radius 1 is 1.10 bits per heavy atom. The van der Waals surface area contributed by atoms with Crippen LogP contribution in [0, 0.1) is 0 Å². The molecule has 0 amide bonds. The van der Waals surface area contributed by atoms with E-state index in [9.17, 15) is 0 Å². The van der Waals surface area contributed by atoms with Crippen molar-refractivity contribution >= 4 is 11.8 Å². The molecule has 0 aliphatic heterocycles. The highest BCUT2D eigenvalue weighted by Gasteiger charge is 2.10. The minimum Gasteiger partial charge on any atom is -0.490 e. The third-order valence-electron chi connectivity index (χ3n) is 3.15. The Hall–Kier alpha value is -0.870. The molecule has 0 aliphatic carbocycles. The number of benzene rings is 1. The topological polar surface area (TPSA) is 30.5 Å². The van der Waals surface area contributed by atoms with Crippen molar-refractivity contribution in [3.63, 3.8) is 0 Å². The number of hydrogen-bond acceptors (Lipinski definition) is 4. The van der Waals surface area contributed by atoms with Crippen LogP contribution in [0.4, 0.5) is 0 Å². The fourth-order valence-electron chi connectivity index (χ4n) is 1.95. The van der Waals surface area contributed by atoms with E-state index in [1.807, 2.05) is 17.8 Å². The van der Waals surface area contributed by atoms with Gasteiger partial charge in [0.05, 0.1) is 13.2 Å². The normalized spacial score (nSPS) is 12.2. The standard InChI is InChI=1S/C17H29NO2S/c1-5-10-19-16-8-7-15(13-17(16)20-11-6-2)14(3)18-9-12-21-4/h7-8,13-14,18H,5-6,9-12H2,1-4H3. The summed E-state index contributed by atoms with van der Waals surface area (Å²) in [7, 11) is 0. The molecule has 0 radical (unpaired) electrons. The second-order valence-electron chi connectivity index (χ2n) is 5.07. The minimum atomic E-state index is 0.321. The highest BCUT2D eigenvalue weighted by molar-refractivity contribution is 7.98. The average molecular weight is 311 g/mol. The van der Waals surface area contributed by atoms with Crippen LogP contribution >= 0.6 is 11.8 Å². The van der Waals surface area contributed by atoms with Crippen molar-refractivity contribution in [3.8, 4) is 11.5 Å². The first-order valence-corrected chi connectivity index (χ1v) is 9.24. The summed E-state index contributed by atoms with van der Waals surface area (Å²) < 4.78 is 11.6. The Balaban J connectivity index is 2.76. The SMILES string of the molecule is CCCOc1ccc(C(C)NCCSC)cc1OCCC. The van der Waals surface area contributed by atoms with E-state index in [1.165, 1.54) is 5.56 Å². The van der Waals surface area contributed by atoms with E-state index >= 15 is 0 Å². The van der Waals surface area contributed by atoms with Crippen molar-refractivity contribution in [3.05, 3.63) is 23.8 Å². The molecular weight excluding hydrogens is 282 g/mol. The van der Waals surface area contributed by atoms with Gasteiger partial charge in [0.1, 0.15) is 0 Å². The Morgan fingerprint density at radius 2 is 1.76 bits per heavy atom. The molecule has 1 aromatic rings. The summed E-state index contributed by atoms with van der Waals surface area (Å²) in [6.45, 7) is 8.87. The predicted octanol–water partition coefficient (Wildman–Crippen LogP) is 4.28. The number of hydrogen-bond donors (Lipinski definition) is 1. The fraction of sp³-hybridized carbons (Fsp3) is 0.647. The van der Waals surface area contributed by atoms with E-state index in [0.29, 0.717) is 6.04 Å². The maximum absolute atomic E-state index is 5.84. The van der Waals surface area contributed by atoms with Crippen molar-refractivity contribution in [1.82, 2.24) is 5.32 Å². The molecule has 4 heteroatoms. The second kappa shape index (κ2) is 10.8. The van der Waals surface area contributed by atoms with Gasteiger partial charge in [-0.1, -0.05) is 19.9 Å². The molecule has 0 bridgehead atoms. The summed E-state index contributed by atoms with van der Waals surface area (Å²) in [5.41, 5.74) is 1.24. The lowest BCUT2D eigenvalue weighted by Gasteiger charge is -2.18. The van der Waals surface area contributed by atoms with Crippen LogP contribution in [-0.2, 0) is 0 Å².